The monoisotopic (exact) mass is 406 g/mol. The average Bonchev–Trinajstić information content (AvgIpc) is 2.87. The molecular formula is C18H12ClFN2O4S. The van der Waals surface area contributed by atoms with Gasteiger partial charge in [0.05, 0.1) is 10.6 Å². The van der Waals surface area contributed by atoms with Crippen molar-refractivity contribution in [2.45, 2.75) is 0 Å². The van der Waals surface area contributed by atoms with Crippen LogP contribution in [0.5, 0.6) is 5.75 Å². The number of hydrogen-bond donors (Lipinski definition) is 2. The Morgan fingerprint density at radius 1 is 1.26 bits per heavy atom. The molecule has 0 atom stereocenters. The predicted octanol–water partition coefficient (Wildman–Crippen LogP) is 3.86. The number of nitrogens with one attached hydrogen (secondary N) is 1. The van der Waals surface area contributed by atoms with Crippen molar-refractivity contribution in [3.63, 3.8) is 0 Å². The molecule has 1 aliphatic rings. The lowest BCUT2D eigenvalue weighted by Crippen LogP contribution is -2.36. The molecule has 0 aliphatic carbocycles. The van der Waals surface area contributed by atoms with Gasteiger partial charge in [-0.05, 0) is 42.1 Å². The molecule has 0 unspecified atom stereocenters. The second-order valence-corrected chi connectivity index (χ2v) is 6.93. The van der Waals surface area contributed by atoms with Crippen molar-refractivity contribution < 1.29 is 23.9 Å². The number of aromatic hydroxyl groups is 1. The summed E-state index contributed by atoms with van der Waals surface area (Å²) in [5, 5.41) is 11.7. The summed E-state index contributed by atoms with van der Waals surface area (Å²) in [6.45, 7) is -0.550. The standard InChI is InChI=1S/C18H12ClFN2O4S/c19-11-5-6-14(23)13(8-11)21-16(24)9-22-17(25)15(27-18(22)26)7-10-3-1-2-4-12(10)20/h1-8,23H,9H2,(H,21,24)/b15-7-. The van der Waals surface area contributed by atoms with Gasteiger partial charge in [0.2, 0.25) is 5.91 Å². The van der Waals surface area contributed by atoms with Crippen LogP contribution in [0.3, 0.4) is 0 Å². The maximum absolute atomic E-state index is 13.7. The maximum atomic E-state index is 13.7. The number of hydrogen-bond acceptors (Lipinski definition) is 5. The fraction of sp³-hybridized carbons (Fsp3) is 0.0556. The smallest absolute Gasteiger partial charge is 0.294 e. The quantitative estimate of drug-likeness (QED) is 0.594. The Morgan fingerprint density at radius 2 is 2.00 bits per heavy atom. The zero-order valence-corrected chi connectivity index (χ0v) is 15.2. The van der Waals surface area contributed by atoms with Gasteiger partial charge < -0.3 is 10.4 Å². The van der Waals surface area contributed by atoms with E-state index in [0.717, 1.165) is 4.90 Å². The van der Waals surface area contributed by atoms with Crippen LogP contribution in [-0.4, -0.2) is 33.6 Å². The largest absolute Gasteiger partial charge is 0.506 e. The minimum atomic E-state index is -0.696. The van der Waals surface area contributed by atoms with E-state index in [1.165, 1.54) is 42.5 Å². The van der Waals surface area contributed by atoms with E-state index in [1.807, 2.05) is 0 Å². The molecule has 0 aromatic heterocycles. The zero-order valence-electron chi connectivity index (χ0n) is 13.6. The number of benzene rings is 2. The van der Waals surface area contributed by atoms with Gasteiger partial charge in [0, 0.05) is 10.6 Å². The van der Waals surface area contributed by atoms with Crippen molar-refractivity contribution in [2.75, 3.05) is 11.9 Å². The van der Waals surface area contributed by atoms with E-state index in [4.69, 9.17) is 11.6 Å². The van der Waals surface area contributed by atoms with Crippen molar-refractivity contribution in [3.8, 4) is 5.75 Å². The number of carbonyl (C=O) groups is 3. The number of imide groups is 1. The number of amides is 3. The highest BCUT2D eigenvalue weighted by atomic mass is 35.5. The van der Waals surface area contributed by atoms with Crippen LogP contribution in [0.25, 0.3) is 6.08 Å². The van der Waals surface area contributed by atoms with Gasteiger partial charge in [-0.15, -0.1) is 0 Å². The minimum Gasteiger partial charge on any atom is -0.506 e. The average molecular weight is 407 g/mol. The first-order chi connectivity index (χ1) is 12.8. The van der Waals surface area contributed by atoms with Gasteiger partial charge in [0.25, 0.3) is 11.1 Å². The van der Waals surface area contributed by atoms with E-state index in [0.29, 0.717) is 16.8 Å². The molecule has 138 valence electrons. The Balaban J connectivity index is 1.73. The molecule has 2 aromatic rings. The molecule has 0 saturated carbocycles. The Bertz CT molecular complexity index is 980. The molecule has 2 N–H and O–H groups in total. The molecule has 2 aromatic carbocycles. The summed E-state index contributed by atoms with van der Waals surface area (Å²) in [5.74, 6) is -2.12. The van der Waals surface area contributed by atoms with Crippen molar-refractivity contribution >= 4 is 52.2 Å². The highest BCUT2D eigenvalue weighted by Crippen LogP contribution is 2.33. The summed E-state index contributed by atoms with van der Waals surface area (Å²) < 4.78 is 13.7. The van der Waals surface area contributed by atoms with Crippen LogP contribution in [0.15, 0.2) is 47.4 Å². The van der Waals surface area contributed by atoms with Crippen LogP contribution in [-0.2, 0) is 9.59 Å². The SMILES string of the molecule is O=C(CN1C(=O)S/C(=C\c2ccccc2F)C1=O)Nc1cc(Cl)ccc1O. The Labute approximate surface area is 162 Å². The second-order valence-electron chi connectivity index (χ2n) is 5.50. The molecule has 1 saturated heterocycles. The molecule has 1 aliphatic heterocycles. The van der Waals surface area contributed by atoms with Crippen LogP contribution in [0.1, 0.15) is 5.56 Å². The molecule has 0 spiro atoms. The van der Waals surface area contributed by atoms with Gasteiger partial charge in [-0.2, -0.15) is 0 Å². The number of anilines is 1. The van der Waals surface area contributed by atoms with Crippen molar-refractivity contribution in [2.24, 2.45) is 0 Å². The highest BCUT2D eigenvalue weighted by molar-refractivity contribution is 8.18. The predicted molar refractivity (Wildman–Crippen MR) is 101 cm³/mol. The van der Waals surface area contributed by atoms with E-state index >= 15 is 0 Å². The Morgan fingerprint density at radius 3 is 2.74 bits per heavy atom. The number of carbonyl (C=O) groups excluding carboxylic acids is 3. The van der Waals surface area contributed by atoms with E-state index in [1.54, 1.807) is 6.07 Å². The molecule has 3 amide bonds. The number of nitrogens with zero attached hydrogens (tertiary/aromatic N) is 1. The first-order valence-corrected chi connectivity index (χ1v) is 8.83. The molecular weight excluding hydrogens is 395 g/mol. The molecule has 6 nitrogen and oxygen atoms in total. The number of halogens is 2. The summed E-state index contributed by atoms with van der Waals surface area (Å²) in [7, 11) is 0. The van der Waals surface area contributed by atoms with Gasteiger partial charge in [-0.3, -0.25) is 19.3 Å². The minimum absolute atomic E-state index is 0.0171. The lowest BCUT2D eigenvalue weighted by atomic mass is 10.2. The summed E-state index contributed by atoms with van der Waals surface area (Å²) in [4.78, 5) is 37.3. The van der Waals surface area contributed by atoms with Crippen LogP contribution >= 0.6 is 23.4 Å². The first kappa shape index (κ1) is 18.9. The van der Waals surface area contributed by atoms with Crippen molar-refractivity contribution in [1.29, 1.82) is 0 Å². The van der Waals surface area contributed by atoms with Crippen molar-refractivity contribution in [3.05, 3.63) is 63.8 Å². The third-order valence-electron chi connectivity index (χ3n) is 3.60. The first-order valence-electron chi connectivity index (χ1n) is 7.63. The third-order valence-corrected chi connectivity index (χ3v) is 4.74. The molecule has 1 fully saturated rings. The normalized spacial score (nSPS) is 15.5. The summed E-state index contributed by atoms with van der Waals surface area (Å²) in [6, 6.07) is 9.89. The molecule has 1 heterocycles. The van der Waals surface area contributed by atoms with Gasteiger partial charge in [-0.25, -0.2) is 4.39 Å². The van der Waals surface area contributed by atoms with Gasteiger partial charge in [0.1, 0.15) is 18.1 Å². The molecule has 3 rings (SSSR count). The number of phenols is 1. The van der Waals surface area contributed by atoms with Crippen molar-refractivity contribution in [1.82, 2.24) is 4.90 Å². The molecule has 0 bridgehead atoms. The van der Waals surface area contributed by atoms with Gasteiger partial charge >= 0.3 is 0 Å². The Kier molecular flexibility index (Phi) is 5.48. The molecule has 0 radical (unpaired) electrons. The van der Waals surface area contributed by atoms with Crippen LogP contribution < -0.4 is 5.32 Å². The van der Waals surface area contributed by atoms with Gasteiger partial charge in [0.15, 0.2) is 0 Å². The number of rotatable bonds is 4. The van der Waals surface area contributed by atoms with Crippen LogP contribution in [0, 0.1) is 5.82 Å². The second kappa shape index (κ2) is 7.81. The van der Waals surface area contributed by atoms with E-state index < -0.39 is 29.4 Å². The Hall–Kier alpha value is -2.84. The van der Waals surface area contributed by atoms with E-state index in [9.17, 15) is 23.9 Å². The maximum Gasteiger partial charge on any atom is 0.294 e. The summed E-state index contributed by atoms with van der Waals surface area (Å²) in [5.41, 5.74) is 0.220. The fourth-order valence-electron chi connectivity index (χ4n) is 2.31. The molecule has 9 heteroatoms. The molecule has 27 heavy (non-hydrogen) atoms. The fourth-order valence-corrected chi connectivity index (χ4v) is 3.31. The summed E-state index contributed by atoms with van der Waals surface area (Å²) in [6.07, 6.45) is 1.26. The van der Waals surface area contributed by atoms with E-state index in [2.05, 4.69) is 5.32 Å². The highest BCUT2D eigenvalue weighted by Gasteiger charge is 2.36. The van der Waals surface area contributed by atoms with E-state index in [-0.39, 0.29) is 21.9 Å². The number of thioether (sulfide) groups is 1. The zero-order chi connectivity index (χ0) is 19.6. The number of phenolic OH excluding ortho intramolecular Hbond substituents is 1. The topological polar surface area (TPSA) is 86.7 Å². The van der Waals surface area contributed by atoms with Crippen LogP contribution in [0.2, 0.25) is 5.02 Å². The summed E-state index contributed by atoms with van der Waals surface area (Å²) >= 11 is 6.42. The van der Waals surface area contributed by atoms with Crippen LogP contribution in [0.4, 0.5) is 14.9 Å². The lowest BCUT2D eigenvalue weighted by molar-refractivity contribution is -0.127. The third kappa shape index (κ3) is 4.29. The van der Waals surface area contributed by atoms with Gasteiger partial charge in [-0.1, -0.05) is 29.8 Å². The lowest BCUT2D eigenvalue weighted by Gasteiger charge is -2.13.